The summed E-state index contributed by atoms with van der Waals surface area (Å²) in [5, 5.41) is 20.8. The first-order valence-corrected chi connectivity index (χ1v) is 14.8. The van der Waals surface area contributed by atoms with Crippen molar-refractivity contribution in [2.45, 2.75) is 45.3 Å². The average Bonchev–Trinajstić information content (AvgIpc) is 3.57. The number of hydrogen-bond donors (Lipinski definition) is 4. The van der Waals surface area contributed by atoms with Crippen molar-refractivity contribution >= 4 is 40.0 Å². The fourth-order valence-electron chi connectivity index (χ4n) is 5.31. The number of methoxy groups -OCH3 is 2. The van der Waals surface area contributed by atoms with E-state index in [0.29, 0.717) is 34.3 Å². The van der Waals surface area contributed by atoms with E-state index in [1.165, 1.54) is 14.2 Å². The molecule has 0 bridgehead atoms. The molecule has 11 nitrogen and oxygen atoms in total. The monoisotopic (exact) mass is 613 g/mol. The van der Waals surface area contributed by atoms with Gasteiger partial charge in [0, 0.05) is 36.1 Å². The van der Waals surface area contributed by atoms with Gasteiger partial charge >= 0.3 is 12.1 Å². The van der Waals surface area contributed by atoms with Gasteiger partial charge in [0.1, 0.15) is 11.5 Å². The van der Waals surface area contributed by atoms with Gasteiger partial charge in [-0.3, -0.25) is 15.2 Å². The van der Waals surface area contributed by atoms with E-state index < -0.39 is 18.4 Å². The maximum atomic E-state index is 13.4. The van der Waals surface area contributed by atoms with Crippen LogP contribution in [0.25, 0.3) is 10.8 Å². The van der Waals surface area contributed by atoms with Crippen molar-refractivity contribution in [3.05, 3.63) is 78.1 Å². The second-order valence-corrected chi connectivity index (χ2v) is 11.8. The Morgan fingerprint density at radius 1 is 0.889 bits per heavy atom. The second kappa shape index (κ2) is 13.4. The summed E-state index contributed by atoms with van der Waals surface area (Å²) in [5.41, 5.74) is 2.41. The van der Waals surface area contributed by atoms with Gasteiger partial charge in [0.15, 0.2) is 12.0 Å². The van der Waals surface area contributed by atoms with Gasteiger partial charge in [-0.25, -0.2) is 9.59 Å². The number of pyridine rings is 1. The van der Waals surface area contributed by atoms with Crippen LogP contribution in [0.1, 0.15) is 51.1 Å². The minimum atomic E-state index is -0.784. The van der Waals surface area contributed by atoms with Crippen LogP contribution in [0, 0.1) is 0 Å². The van der Waals surface area contributed by atoms with Crippen molar-refractivity contribution in [2.75, 3.05) is 43.3 Å². The van der Waals surface area contributed by atoms with Crippen molar-refractivity contribution in [3.8, 4) is 17.2 Å². The largest absolute Gasteiger partial charge is 0.492 e. The Morgan fingerprint density at radius 3 is 2.22 bits per heavy atom. The number of nitrogens with one attached hydrogen (secondary N) is 3. The number of aromatic nitrogens is 1. The Balaban J connectivity index is 1.39. The average molecular weight is 614 g/mol. The number of likely N-dealkylation sites (tertiary alicyclic amines) is 1. The van der Waals surface area contributed by atoms with Crippen molar-refractivity contribution in [2.24, 2.45) is 0 Å². The molecule has 1 aliphatic heterocycles. The lowest BCUT2D eigenvalue weighted by atomic mass is 9.86. The first-order valence-electron chi connectivity index (χ1n) is 14.8. The minimum Gasteiger partial charge on any atom is -0.492 e. The summed E-state index contributed by atoms with van der Waals surface area (Å²) in [7, 11) is 2.74. The molecule has 4 aromatic rings. The minimum absolute atomic E-state index is 0.281. The normalized spacial score (nSPS) is 14.1. The quantitative estimate of drug-likeness (QED) is 0.163. The van der Waals surface area contributed by atoms with Crippen LogP contribution < -0.4 is 25.4 Å². The Morgan fingerprint density at radius 2 is 1.56 bits per heavy atom. The topological polar surface area (TPSA) is 134 Å². The number of anilines is 3. The highest BCUT2D eigenvalue weighted by atomic mass is 16.5. The molecule has 236 valence electrons. The standard InChI is InChI=1S/C34H39N5O6/c1-34(2,3)21-18-26(30(43-4)27(19-21)38-33(42)44-5)37-32(41)36-25-12-13-29(24-11-7-6-10-23(24)25)45-22-14-15-35-28(20-22)31(40)39-16-8-9-17-39/h6-7,10-15,18-20,31,40H,8-9,16-17H2,1-5H3,(H,38,42)(H2,36,37,41). The molecule has 3 aromatic carbocycles. The molecule has 0 saturated carbocycles. The Labute approximate surface area is 262 Å². The highest BCUT2D eigenvalue weighted by Crippen LogP contribution is 2.39. The van der Waals surface area contributed by atoms with E-state index in [0.717, 1.165) is 42.3 Å². The first kappa shape index (κ1) is 31.6. The third kappa shape index (κ3) is 7.27. The molecule has 5 rings (SSSR count). The predicted octanol–water partition coefficient (Wildman–Crippen LogP) is 7.24. The lowest BCUT2D eigenvalue weighted by molar-refractivity contribution is 0.0154. The van der Waals surface area contributed by atoms with E-state index in [4.69, 9.17) is 14.2 Å². The summed E-state index contributed by atoms with van der Waals surface area (Å²) in [6, 6.07) is 17.7. The number of aliphatic hydroxyl groups excluding tert-OH is 1. The lowest BCUT2D eigenvalue weighted by Crippen LogP contribution is -2.25. The number of ether oxygens (including phenoxy) is 3. The fraction of sp³-hybridized carbons (Fsp3) is 0.324. The van der Waals surface area contributed by atoms with E-state index in [-0.39, 0.29) is 11.2 Å². The van der Waals surface area contributed by atoms with Gasteiger partial charge in [-0.05, 0) is 54.2 Å². The number of hydrogen-bond acceptors (Lipinski definition) is 8. The third-order valence-corrected chi connectivity index (χ3v) is 7.69. The number of urea groups is 1. The second-order valence-electron chi connectivity index (χ2n) is 11.8. The number of amides is 3. The van der Waals surface area contributed by atoms with Crippen molar-refractivity contribution in [1.29, 1.82) is 0 Å². The molecule has 1 saturated heterocycles. The van der Waals surface area contributed by atoms with Gasteiger partial charge < -0.3 is 30.0 Å². The number of carbonyl (C=O) groups excluding carboxylic acids is 2. The molecule has 0 radical (unpaired) electrons. The molecular formula is C34H39N5O6. The van der Waals surface area contributed by atoms with E-state index in [2.05, 4.69) is 20.9 Å². The van der Waals surface area contributed by atoms with Crippen molar-refractivity contribution in [3.63, 3.8) is 0 Å². The zero-order valence-corrected chi connectivity index (χ0v) is 26.1. The molecular weight excluding hydrogens is 574 g/mol. The smallest absolute Gasteiger partial charge is 0.411 e. The zero-order valence-electron chi connectivity index (χ0n) is 26.1. The molecule has 1 fully saturated rings. The predicted molar refractivity (Wildman–Crippen MR) is 174 cm³/mol. The van der Waals surface area contributed by atoms with Crippen molar-refractivity contribution in [1.82, 2.24) is 9.88 Å². The summed E-state index contributed by atoms with van der Waals surface area (Å²) >= 11 is 0. The molecule has 45 heavy (non-hydrogen) atoms. The van der Waals surface area contributed by atoms with Gasteiger partial charge in [0.05, 0.1) is 37.0 Å². The highest BCUT2D eigenvalue weighted by molar-refractivity contribution is 6.08. The molecule has 1 atom stereocenters. The third-order valence-electron chi connectivity index (χ3n) is 7.69. The fourth-order valence-corrected chi connectivity index (χ4v) is 5.31. The lowest BCUT2D eigenvalue weighted by Gasteiger charge is -2.24. The van der Waals surface area contributed by atoms with Gasteiger partial charge in [-0.15, -0.1) is 0 Å². The number of nitrogens with zero attached hydrogens (tertiary/aromatic N) is 2. The van der Waals surface area contributed by atoms with Gasteiger partial charge in [0.2, 0.25) is 0 Å². The SMILES string of the molecule is COC(=O)Nc1cc(C(C)(C)C)cc(NC(=O)Nc2ccc(Oc3ccnc(C(O)N4CCCC4)c3)c3ccccc23)c1OC. The number of benzene rings is 3. The molecule has 0 aliphatic carbocycles. The Kier molecular flexibility index (Phi) is 9.40. The van der Waals surface area contributed by atoms with Crippen LogP contribution in [0.15, 0.2) is 66.9 Å². The number of aliphatic hydroxyl groups is 1. The molecule has 4 N–H and O–H groups in total. The summed E-state index contributed by atoms with van der Waals surface area (Å²) in [4.78, 5) is 31.8. The van der Waals surface area contributed by atoms with Crippen LogP contribution in [0.3, 0.4) is 0 Å². The maximum absolute atomic E-state index is 13.4. The van der Waals surface area contributed by atoms with Crippen LogP contribution >= 0.6 is 0 Å². The number of rotatable bonds is 8. The van der Waals surface area contributed by atoms with Crippen LogP contribution in [-0.4, -0.2) is 54.4 Å². The van der Waals surface area contributed by atoms with E-state index in [1.807, 2.05) is 56.0 Å². The van der Waals surface area contributed by atoms with E-state index in [1.54, 1.807) is 36.5 Å². The first-order chi connectivity index (χ1) is 21.6. The number of fused-ring (bicyclic) bond motifs is 1. The Bertz CT molecular complexity index is 1700. The van der Waals surface area contributed by atoms with Crippen LogP contribution in [0.4, 0.5) is 26.7 Å². The molecule has 11 heteroatoms. The molecule has 3 amide bonds. The van der Waals surface area contributed by atoms with Gasteiger partial charge in [0.25, 0.3) is 0 Å². The Hall–Kier alpha value is -4.87. The molecule has 2 heterocycles. The zero-order chi connectivity index (χ0) is 32.1. The summed E-state index contributed by atoms with van der Waals surface area (Å²) in [5.74, 6) is 1.41. The van der Waals surface area contributed by atoms with E-state index in [9.17, 15) is 14.7 Å². The van der Waals surface area contributed by atoms with E-state index >= 15 is 0 Å². The van der Waals surface area contributed by atoms with Crippen LogP contribution in [0.5, 0.6) is 17.2 Å². The molecule has 1 aliphatic rings. The van der Waals surface area contributed by atoms with Gasteiger partial charge in [-0.1, -0.05) is 45.0 Å². The summed E-state index contributed by atoms with van der Waals surface area (Å²) < 4.78 is 16.6. The molecule has 0 spiro atoms. The highest BCUT2D eigenvalue weighted by Gasteiger charge is 2.24. The van der Waals surface area contributed by atoms with Crippen LogP contribution in [0.2, 0.25) is 0 Å². The molecule has 1 unspecified atom stereocenters. The molecule has 1 aromatic heterocycles. The van der Waals surface area contributed by atoms with Gasteiger partial charge in [-0.2, -0.15) is 0 Å². The van der Waals surface area contributed by atoms with Crippen LogP contribution in [-0.2, 0) is 10.2 Å². The maximum Gasteiger partial charge on any atom is 0.411 e. The summed E-state index contributed by atoms with van der Waals surface area (Å²) in [6.07, 6.45) is 2.30. The van der Waals surface area contributed by atoms with Crippen molar-refractivity contribution < 1.29 is 28.9 Å². The summed E-state index contributed by atoms with van der Waals surface area (Å²) in [6.45, 7) is 7.75. The number of carbonyl (C=O) groups is 2.